The minimum atomic E-state index is -0.342. The number of phenolic OH excluding ortho intramolecular Hbond substituents is 2. The predicted octanol–water partition coefficient (Wildman–Crippen LogP) is 5.30. The van der Waals surface area contributed by atoms with Crippen molar-refractivity contribution in [1.82, 2.24) is 19.7 Å². The Morgan fingerprint density at radius 3 is 2.62 bits per heavy atom. The number of phenols is 2. The van der Waals surface area contributed by atoms with Crippen LogP contribution < -0.4 is 10.1 Å². The third kappa shape index (κ3) is 4.99. The van der Waals surface area contributed by atoms with Crippen LogP contribution >= 0.6 is 0 Å². The third-order valence-corrected chi connectivity index (χ3v) is 7.62. The molecule has 1 fully saturated rings. The molecule has 1 amide bonds. The van der Waals surface area contributed by atoms with Crippen LogP contribution in [0.5, 0.6) is 17.2 Å². The molecule has 3 heterocycles. The molecule has 1 aliphatic heterocycles. The van der Waals surface area contributed by atoms with Crippen molar-refractivity contribution in [3.05, 3.63) is 88.9 Å². The number of pyridine rings is 1. The van der Waals surface area contributed by atoms with E-state index >= 15 is 0 Å². The maximum absolute atomic E-state index is 13.7. The van der Waals surface area contributed by atoms with Gasteiger partial charge in [-0.2, -0.15) is 5.10 Å². The monoisotopic (exact) mass is 525 g/mol. The molecule has 200 valence electrons. The smallest absolute Gasteiger partial charge is 0.260 e. The highest BCUT2D eigenvalue weighted by Crippen LogP contribution is 2.38. The van der Waals surface area contributed by atoms with Crippen molar-refractivity contribution in [2.45, 2.75) is 51.2 Å². The van der Waals surface area contributed by atoms with Crippen molar-refractivity contribution < 1.29 is 19.7 Å². The first kappa shape index (κ1) is 24.8. The van der Waals surface area contributed by atoms with E-state index in [2.05, 4.69) is 10.3 Å². The Balaban J connectivity index is 1.34. The Labute approximate surface area is 226 Å². The molecule has 9 nitrogen and oxygen atoms in total. The molecule has 39 heavy (non-hydrogen) atoms. The van der Waals surface area contributed by atoms with Gasteiger partial charge >= 0.3 is 0 Å². The number of hydrogen-bond acceptors (Lipinski definition) is 7. The second-order valence-corrected chi connectivity index (χ2v) is 10.2. The fraction of sp³-hybridized carbons (Fsp3) is 0.300. The van der Waals surface area contributed by atoms with Gasteiger partial charge in [-0.15, -0.1) is 0 Å². The molecular weight excluding hydrogens is 494 g/mol. The van der Waals surface area contributed by atoms with E-state index in [1.807, 2.05) is 47.1 Å². The summed E-state index contributed by atoms with van der Waals surface area (Å²) in [6.45, 7) is 1.26. The largest absolute Gasteiger partial charge is 0.508 e. The average Bonchev–Trinajstić information content (AvgIpc) is 3.69. The summed E-state index contributed by atoms with van der Waals surface area (Å²) in [5, 5.41) is 29.5. The number of ether oxygens (including phenoxy) is 1. The normalized spacial score (nSPS) is 14.9. The highest BCUT2D eigenvalue weighted by Gasteiger charge is 2.30. The van der Waals surface area contributed by atoms with Crippen LogP contribution in [-0.2, 0) is 19.6 Å². The number of rotatable bonds is 7. The summed E-state index contributed by atoms with van der Waals surface area (Å²) in [5.74, 6) is 1.07. The number of methoxy groups -OCH3 is 1. The lowest BCUT2D eigenvalue weighted by atomic mass is 10.0. The number of carbonyl (C=O) groups is 1. The van der Waals surface area contributed by atoms with Gasteiger partial charge in [0.1, 0.15) is 28.6 Å². The number of nitrogens with one attached hydrogen (secondary N) is 1. The lowest BCUT2D eigenvalue weighted by Crippen LogP contribution is -2.26. The second kappa shape index (κ2) is 10.3. The van der Waals surface area contributed by atoms with Crippen LogP contribution in [0, 0.1) is 0 Å². The maximum Gasteiger partial charge on any atom is 0.260 e. The van der Waals surface area contributed by atoms with Crippen molar-refractivity contribution in [1.29, 1.82) is 0 Å². The van der Waals surface area contributed by atoms with Crippen molar-refractivity contribution in [2.24, 2.45) is 0 Å². The molecule has 1 saturated carbocycles. The lowest BCUT2D eigenvalue weighted by Gasteiger charge is -2.20. The van der Waals surface area contributed by atoms with Crippen LogP contribution in [-0.4, -0.2) is 42.9 Å². The van der Waals surface area contributed by atoms with Gasteiger partial charge in [0.2, 0.25) is 0 Å². The molecule has 0 bridgehead atoms. The van der Waals surface area contributed by atoms with Gasteiger partial charge in [0, 0.05) is 36.9 Å². The van der Waals surface area contributed by atoms with Crippen molar-refractivity contribution in [3.63, 3.8) is 0 Å². The van der Waals surface area contributed by atoms with E-state index < -0.39 is 0 Å². The molecule has 0 atom stereocenters. The van der Waals surface area contributed by atoms with Crippen molar-refractivity contribution in [3.8, 4) is 17.2 Å². The summed E-state index contributed by atoms with van der Waals surface area (Å²) in [6, 6.07) is 16.3. The Hall–Kier alpha value is -4.53. The zero-order valence-electron chi connectivity index (χ0n) is 21.8. The molecule has 2 aromatic carbocycles. The molecule has 0 unspecified atom stereocenters. The first-order valence-corrected chi connectivity index (χ1v) is 13.2. The molecular formula is C30H31N5O4. The molecule has 3 N–H and O–H groups in total. The van der Waals surface area contributed by atoms with Gasteiger partial charge in [0.25, 0.3) is 5.91 Å². The van der Waals surface area contributed by atoms with E-state index in [9.17, 15) is 15.0 Å². The first-order chi connectivity index (χ1) is 19.0. The summed E-state index contributed by atoms with van der Waals surface area (Å²) < 4.78 is 7.17. The highest BCUT2D eigenvalue weighted by atomic mass is 16.5. The van der Waals surface area contributed by atoms with E-state index in [1.165, 1.54) is 25.0 Å². The first-order valence-electron chi connectivity index (χ1n) is 13.2. The zero-order chi connectivity index (χ0) is 26.9. The number of aromatic hydroxyl groups is 2. The van der Waals surface area contributed by atoms with E-state index in [1.54, 1.807) is 18.2 Å². The Bertz CT molecular complexity index is 1480. The molecule has 2 aliphatic rings. The Morgan fingerprint density at radius 1 is 1.08 bits per heavy atom. The number of benzene rings is 2. The summed E-state index contributed by atoms with van der Waals surface area (Å²) >= 11 is 0. The predicted molar refractivity (Wildman–Crippen MR) is 146 cm³/mol. The van der Waals surface area contributed by atoms with Gasteiger partial charge in [0.05, 0.1) is 37.3 Å². The number of fused-ring (bicyclic) bond motifs is 1. The van der Waals surface area contributed by atoms with Crippen LogP contribution in [0.15, 0.2) is 60.8 Å². The Morgan fingerprint density at radius 2 is 1.87 bits per heavy atom. The average molecular weight is 526 g/mol. The van der Waals surface area contributed by atoms with Crippen LogP contribution in [0.2, 0.25) is 0 Å². The van der Waals surface area contributed by atoms with Gasteiger partial charge in [-0.25, -0.2) is 4.68 Å². The van der Waals surface area contributed by atoms with Crippen LogP contribution in [0.25, 0.3) is 0 Å². The number of nitrogens with zero attached hydrogens (tertiary/aromatic N) is 4. The molecule has 2 aromatic heterocycles. The minimum Gasteiger partial charge on any atom is -0.508 e. The minimum absolute atomic E-state index is 0.0974. The molecule has 0 saturated heterocycles. The van der Waals surface area contributed by atoms with Gasteiger partial charge < -0.3 is 25.2 Å². The Kier molecular flexibility index (Phi) is 6.56. The summed E-state index contributed by atoms with van der Waals surface area (Å²) in [4.78, 5) is 19.7. The molecule has 0 radical (unpaired) electrons. The molecule has 0 spiro atoms. The summed E-state index contributed by atoms with van der Waals surface area (Å²) in [7, 11) is 1.64. The molecule has 4 aromatic rings. The van der Waals surface area contributed by atoms with E-state index in [0.29, 0.717) is 37.1 Å². The summed E-state index contributed by atoms with van der Waals surface area (Å²) in [6.07, 6.45) is 6.28. The van der Waals surface area contributed by atoms with Crippen LogP contribution in [0.1, 0.15) is 64.5 Å². The zero-order valence-corrected chi connectivity index (χ0v) is 21.8. The van der Waals surface area contributed by atoms with Crippen LogP contribution in [0.3, 0.4) is 0 Å². The number of amides is 1. The van der Waals surface area contributed by atoms with Crippen molar-refractivity contribution in [2.75, 3.05) is 12.4 Å². The van der Waals surface area contributed by atoms with Crippen molar-refractivity contribution >= 4 is 17.4 Å². The molecule has 1 aliphatic carbocycles. The number of anilines is 2. The van der Waals surface area contributed by atoms with E-state index in [4.69, 9.17) is 9.84 Å². The standard InChI is InChI=1S/C30H31N5O4/c1-39-23-10-8-19(9-11-23)16-35-28(15-24(33-35)20-5-2-3-6-20)32-25-13-22(36)14-27(37)29(25)30(38)34-17-21-7-4-12-31-26(21)18-34/h4,7-15,20,32,36-37H,2-3,5-6,16-18H2,1H3. The van der Waals surface area contributed by atoms with Gasteiger partial charge in [-0.1, -0.05) is 31.0 Å². The van der Waals surface area contributed by atoms with Gasteiger partial charge in [0.15, 0.2) is 0 Å². The number of hydrogen-bond donors (Lipinski definition) is 3. The number of aromatic nitrogens is 3. The molecule has 6 rings (SSSR count). The highest BCUT2D eigenvalue weighted by molar-refractivity contribution is 6.03. The van der Waals surface area contributed by atoms with Gasteiger partial charge in [-0.3, -0.25) is 9.78 Å². The van der Waals surface area contributed by atoms with Gasteiger partial charge in [-0.05, 0) is 42.2 Å². The summed E-state index contributed by atoms with van der Waals surface area (Å²) in [5.41, 5.74) is 4.28. The lowest BCUT2D eigenvalue weighted by molar-refractivity contribution is 0.0748. The fourth-order valence-electron chi connectivity index (χ4n) is 5.56. The topological polar surface area (TPSA) is 113 Å². The molecule has 9 heteroatoms. The third-order valence-electron chi connectivity index (χ3n) is 7.62. The maximum atomic E-state index is 13.7. The van der Waals surface area contributed by atoms with E-state index in [-0.39, 0.29) is 23.0 Å². The quantitative estimate of drug-likeness (QED) is 0.300. The van der Waals surface area contributed by atoms with E-state index in [0.717, 1.165) is 41.1 Å². The van der Waals surface area contributed by atoms with Crippen LogP contribution in [0.4, 0.5) is 11.5 Å². The fourth-order valence-corrected chi connectivity index (χ4v) is 5.56. The number of carbonyl (C=O) groups excluding carboxylic acids is 1. The SMILES string of the molecule is COc1ccc(Cn2nc(C3CCCC3)cc2Nc2cc(O)cc(O)c2C(=O)N2Cc3cccnc3C2)cc1. The second-order valence-electron chi connectivity index (χ2n) is 10.2.